The summed E-state index contributed by atoms with van der Waals surface area (Å²) in [4.78, 5) is 26.3. The van der Waals surface area contributed by atoms with Crippen LogP contribution in [0, 0.1) is 0 Å². The van der Waals surface area contributed by atoms with Crippen LogP contribution in [0.4, 0.5) is 0 Å². The van der Waals surface area contributed by atoms with Crippen molar-refractivity contribution in [1.82, 2.24) is 29.6 Å². The molecule has 5 rings (SSSR count). The normalized spacial score (nSPS) is 15.2. The highest BCUT2D eigenvalue weighted by atomic mass is 16.2. The van der Waals surface area contributed by atoms with Gasteiger partial charge >= 0.3 is 0 Å². The van der Waals surface area contributed by atoms with Gasteiger partial charge < -0.3 is 9.88 Å². The second-order valence-corrected chi connectivity index (χ2v) is 7.06. The van der Waals surface area contributed by atoms with Gasteiger partial charge in [-0.3, -0.25) is 9.78 Å². The standard InChI is InChI=1S/C21H20N6O/c28-21(19-7-14-27(25-19)16-1-8-22-9-2-16)26-12-5-15(6-13-26)17-3-10-23-20-18(17)4-11-24-20/h1-4,7-11,14-15H,5-6,12-13H2,(H,23,24). The lowest BCUT2D eigenvalue weighted by Crippen LogP contribution is -2.38. The van der Waals surface area contributed by atoms with Crippen LogP contribution >= 0.6 is 0 Å². The van der Waals surface area contributed by atoms with Crippen LogP contribution in [0.25, 0.3) is 16.7 Å². The van der Waals surface area contributed by atoms with E-state index in [-0.39, 0.29) is 5.91 Å². The van der Waals surface area contributed by atoms with Gasteiger partial charge in [0, 0.05) is 49.5 Å². The molecule has 0 radical (unpaired) electrons. The van der Waals surface area contributed by atoms with Gasteiger partial charge in [0.25, 0.3) is 5.91 Å². The number of piperidine rings is 1. The maximum absolute atomic E-state index is 12.9. The Morgan fingerprint density at radius 3 is 2.68 bits per heavy atom. The average Bonchev–Trinajstić information content (AvgIpc) is 3.43. The zero-order valence-electron chi connectivity index (χ0n) is 15.3. The first-order chi connectivity index (χ1) is 13.8. The number of aromatic nitrogens is 5. The van der Waals surface area contributed by atoms with E-state index in [1.165, 1.54) is 10.9 Å². The number of pyridine rings is 2. The highest BCUT2D eigenvalue weighted by Gasteiger charge is 2.26. The Balaban J connectivity index is 1.29. The van der Waals surface area contributed by atoms with Crippen LogP contribution in [0.15, 0.2) is 61.3 Å². The van der Waals surface area contributed by atoms with Crippen molar-refractivity contribution < 1.29 is 4.79 Å². The number of H-pyrrole nitrogens is 1. The summed E-state index contributed by atoms with van der Waals surface area (Å²) in [6, 6.07) is 9.70. The van der Waals surface area contributed by atoms with Crippen molar-refractivity contribution in [2.45, 2.75) is 18.8 Å². The molecule has 4 aromatic rings. The molecular formula is C21H20N6O. The Morgan fingerprint density at radius 1 is 1.04 bits per heavy atom. The topological polar surface area (TPSA) is 79.7 Å². The van der Waals surface area contributed by atoms with Crippen molar-refractivity contribution in [3.8, 4) is 5.69 Å². The molecule has 0 unspecified atom stereocenters. The number of rotatable bonds is 3. The fourth-order valence-electron chi connectivity index (χ4n) is 3.97. The van der Waals surface area contributed by atoms with Crippen LogP contribution in [0.1, 0.15) is 34.8 Å². The summed E-state index contributed by atoms with van der Waals surface area (Å²) in [7, 11) is 0. The van der Waals surface area contributed by atoms with E-state index in [9.17, 15) is 4.79 Å². The van der Waals surface area contributed by atoms with Crippen molar-refractivity contribution in [1.29, 1.82) is 0 Å². The van der Waals surface area contributed by atoms with Gasteiger partial charge in [-0.15, -0.1) is 0 Å². The average molecular weight is 372 g/mol. The molecule has 5 heterocycles. The highest BCUT2D eigenvalue weighted by Crippen LogP contribution is 2.32. The SMILES string of the molecule is O=C(c1ccn(-c2ccncc2)n1)N1CCC(c2ccnc3[nH]ccc23)CC1. The van der Waals surface area contributed by atoms with Gasteiger partial charge in [0.15, 0.2) is 5.69 Å². The first-order valence-corrected chi connectivity index (χ1v) is 9.47. The van der Waals surface area contributed by atoms with Crippen LogP contribution in [-0.4, -0.2) is 48.6 Å². The van der Waals surface area contributed by atoms with Gasteiger partial charge in [-0.25, -0.2) is 9.67 Å². The fourth-order valence-corrected chi connectivity index (χ4v) is 3.97. The third-order valence-corrected chi connectivity index (χ3v) is 5.45. The molecule has 1 aliphatic heterocycles. The Labute approximate surface area is 162 Å². The monoisotopic (exact) mass is 372 g/mol. The minimum absolute atomic E-state index is 0.00669. The van der Waals surface area contributed by atoms with E-state index < -0.39 is 0 Å². The number of hydrogen-bond donors (Lipinski definition) is 1. The third kappa shape index (κ3) is 2.94. The van der Waals surface area contributed by atoms with Crippen LogP contribution in [0.3, 0.4) is 0 Å². The molecule has 0 atom stereocenters. The number of amides is 1. The molecule has 1 amide bonds. The lowest BCUT2D eigenvalue weighted by molar-refractivity contribution is 0.0707. The molecule has 1 N–H and O–H groups in total. The van der Waals surface area contributed by atoms with Gasteiger partial charge in [0.05, 0.1) is 5.69 Å². The fraction of sp³-hybridized carbons (Fsp3) is 0.238. The Morgan fingerprint density at radius 2 is 1.86 bits per heavy atom. The molecule has 0 aliphatic carbocycles. The van der Waals surface area contributed by atoms with Crippen molar-refractivity contribution in [2.75, 3.05) is 13.1 Å². The summed E-state index contributed by atoms with van der Waals surface area (Å²) in [6.07, 6.45) is 10.9. The predicted molar refractivity (Wildman–Crippen MR) is 105 cm³/mol. The first kappa shape index (κ1) is 16.7. The number of carbonyl (C=O) groups is 1. The van der Waals surface area contributed by atoms with Crippen molar-refractivity contribution in [2.24, 2.45) is 0 Å². The summed E-state index contributed by atoms with van der Waals surface area (Å²) in [5.41, 5.74) is 3.62. The molecule has 7 heteroatoms. The number of likely N-dealkylation sites (tertiary alicyclic amines) is 1. The minimum Gasteiger partial charge on any atom is -0.346 e. The van der Waals surface area contributed by atoms with Gasteiger partial charge in [0.2, 0.25) is 0 Å². The second-order valence-electron chi connectivity index (χ2n) is 7.06. The second kappa shape index (κ2) is 6.92. The van der Waals surface area contributed by atoms with E-state index in [4.69, 9.17) is 0 Å². The zero-order valence-corrected chi connectivity index (χ0v) is 15.3. The third-order valence-electron chi connectivity index (χ3n) is 5.45. The quantitative estimate of drug-likeness (QED) is 0.599. The van der Waals surface area contributed by atoms with E-state index in [2.05, 4.69) is 32.2 Å². The maximum Gasteiger partial charge on any atom is 0.274 e. The summed E-state index contributed by atoms with van der Waals surface area (Å²) in [6.45, 7) is 1.47. The molecule has 0 bridgehead atoms. The van der Waals surface area contributed by atoms with Crippen molar-refractivity contribution in [3.05, 3.63) is 72.6 Å². The largest absolute Gasteiger partial charge is 0.346 e. The molecule has 28 heavy (non-hydrogen) atoms. The van der Waals surface area contributed by atoms with Crippen LogP contribution < -0.4 is 0 Å². The smallest absolute Gasteiger partial charge is 0.274 e. The first-order valence-electron chi connectivity index (χ1n) is 9.47. The van der Waals surface area contributed by atoms with Gasteiger partial charge in [-0.1, -0.05) is 0 Å². The molecule has 1 aliphatic rings. The minimum atomic E-state index is -0.00669. The molecule has 4 aromatic heterocycles. The molecule has 140 valence electrons. The number of nitrogens with zero attached hydrogens (tertiary/aromatic N) is 5. The summed E-state index contributed by atoms with van der Waals surface area (Å²) >= 11 is 0. The van der Waals surface area contributed by atoms with Crippen LogP contribution in [0.5, 0.6) is 0 Å². The summed E-state index contributed by atoms with van der Waals surface area (Å²) in [5, 5.41) is 5.64. The van der Waals surface area contributed by atoms with E-state index in [1.807, 2.05) is 35.6 Å². The van der Waals surface area contributed by atoms with Gasteiger partial charge in [-0.05, 0) is 54.7 Å². The molecule has 0 saturated carbocycles. The van der Waals surface area contributed by atoms with Gasteiger partial charge in [-0.2, -0.15) is 5.10 Å². The van der Waals surface area contributed by atoms with Crippen LogP contribution in [0.2, 0.25) is 0 Å². The van der Waals surface area contributed by atoms with E-state index in [0.29, 0.717) is 11.6 Å². The number of aromatic amines is 1. The summed E-state index contributed by atoms with van der Waals surface area (Å²) < 4.78 is 1.71. The number of nitrogens with one attached hydrogen (secondary N) is 1. The molecule has 0 spiro atoms. The van der Waals surface area contributed by atoms with E-state index in [0.717, 1.165) is 37.3 Å². The molecule has 7 nitrogen and oxygen atoms in total. The Kier molecular flexibility index (Phi) is 4.12. The molecule has 1 fully saturated rings. The van der Waals surface area contributed by atoms with Crippen LogP contribution in [-0.2, 0) is 0 Å². The highest BCUT2D eigenvalue weighted by molar-refractivity contribution is 5.92. The summed E-state index contributed by atoms with van der Waals surface area (Å²) in [5.74, 6) is 0.438. The van der Waals surface area contributed by atoms with Crippen molar-refractivity contribution >= 4 is 16.9 Å². The molecule has 0 aromatic carbocycles. The maximum atomic E-state index is 12.9. The Bertz CT molecular complexity index is 1110. The lowest BCUT2D eigenvalue weighted by Gasteiger charge is -2.32. The number of hydrogen-bond acceptors (Lipinski definition) is 4. The predicted octanol–water partition coefficient (Wildman–Crippen LogP) is 3.16. The zero-order chi connectivity index (χ0) is 18.9. The van der Waals surface area contributed by atoms with E-state index >= 15 is 0 Å². The lowest BCUT2D eigenvalue weighted by atomic mass is 9.88. The number of carbonyl (C=O) groups excluding carboxylic acids is 1. The Hall–Kier alpha value is -3.48. The van der Waals surface area contributed by atoms with Crippen molar-refractivity contribution in [3.63, 3.8) is 0 Å². The number of fused-ring (bicyclic) bond motifs is 1. The van der Waals surface area contributed by atoms with E-state index in [1.54, 1.807) is 23.1 Å². The van der Waals surface area contributed by atoms with Gasteiger partial charge in [0.1, 0.15) is 5.65 Å². The molecule has 1 saturated heterocycles. The molecular weight excluding hydrogens is 352 g/mol.